The van der Waals surface area contributed by atoms with Crippen LogP contribution in [-0.2, 0) is 6.54 Å². The summed E-state index contributed by atoms with van der Waals surface area (Å²) in [5, 5.41) is 6.87. The summed E-state index contributed by atoms with van der Waals surface area (Å²) in [6, 6.07) is 7.54. The summed E-state index contributed by atoms with van der Waals surface area (Å²) in [5.41, 5.74) is 2.33. The molecule has 0 bridgehead atoms. The van der Waals surface area contributed by atoms with E-state index >= 15 is 0 Å². The minimum Gasteiger partial charge on any atom is -0.333 e. The number of thioether (sulfide) groups is 1. The second-order valence-electron chi connectivity index (χ2n) is 6.33. The van der Waals surface area contributed by atoms with Gasteiger partial charge in [0.05, 0.1) is 11.4 Å². The molecule has 0 atom stereocenters. The number of carbonyl (C=O) groups is 1. The number of fused-ring (bicyclic) bond motifs is 1. The molecule has 2 heterocycles. The van der Waals surface area contributed by atoms with Gasteiger partial charge in [-0.2, -0.15) is 0 Å². The van der Waals surface area contributed by atoms with Gasteiger partial charge in [0.2, 0.25) is 0 Å². The molecule has 1 aromatic heterocycles. The van der Waals surface area contributed by atoms with Gasteiger partial charge < -0.3 is 15.2 Å². The van der Waals surface area contributed by atoms with Crippen LogP contribution in [-0.4, -0.2) is 26.9 Å². The fourth-order valence-electron chi connectivity index (χ4n) is 2.35. The second-order valence-corrected chi connectivity index (χ2v) is 7.39. The molecule has 0 saturated heterocycles. The lowest BCUT2D eigenvalue weighted by Crippen LogP contribution is -2.43. The van der Waals surface area contributed by atoms with E-state index < -0.39 is 0 Å². The van der Waals surface area contributed by atoms with Gasteiger partial charge in [0, 0.05) is 29.6 Å². The summed E-state index contributed by atoms with van der Waals surface area (Å²) in [6.07, 6.45) is 2.05. The first-order valence-corrected chi connectivity index (χ1v) is 8.29. The van der Waals surface area contributed by atoms with E-state index in [4.69, 9.17) is 0 Å². The highest BCUT2D eigenvalue weighted by Crippen LogP contribution is 2.32. The van der Waals surface area contributed by atoms with Gasteiger partial charge in [0.15, 0.2) is 5.16 Å². The number of carbonyl (C=O) groups excluding carboxylic acids is 1. The smallest absolute Gasteiger partial charge is 0.319 e. The third kappa shape index (κ3) is 3.27. The van der Waals surface area contributed by atoms with Gasteiger partial charge >= 0.3 is 6.03 Å². The van der Waals surface area contributed by atoms with Crippen LogP contribution in [0, 0.1) is 0 Å². The molecule has 2 aromatic rings. The van der Waals surface area contributed by atoms with Gasteiger partial charge in [-0.05, 0) is 26.8 Å². The Bertz CT molecular complexity index is 681. The monoisotopic (exact) mass is 316 g/mol. The van der Waals surface area contributed by atoms with Crippen molar-refractivity contribution < 1.29 is 4.79 Å². The first-order chi connectivity index (χ1) is 10.4. The number of imidazole rings is 1. The molecule has 2 N–H and O–H groups in total. The number of nitrogens with zero attached hydrogens (tertiary/aromatic N) is 2. The van der Waals surface area contributed by atoms with Crippen LogP contribution in [0.1, 0.15) is 20.8 Å². The Morgan fingerprint density at radius 2 is 2.09 bits per heavy atom. The van der Waals surface area contributed by atoms with Gasteiger partial charge in [0.25, 0.3) is 0 Å². The Kier molecular flexibility index (Phi) is 3.87. The van der Waals surface area contributed by atoms with Gasteiger partial charge in [-0.15, -0.1) is 0 Å². The van der Waals surface area contributed by atoms with E-state index in [1.165, 1.54) is 0 Å². The number of aryl methyl sites for hydroxylation is 1. The van der Waals surface area contributed by atoms with Crippen LogP contribution in [0.2, 0.25) is 0 Å². The number of benzene rings is 1. The highest BCUT2D eigenvalue weighted by Gasteiger charge is 2.18. The Morgan fingerprint density at radius 3 is 2.82 bits per heavy atom. The summed E-state index contributed by atoms with van der Waals surface area (Å²) >= 11 is 1.76. The summed E-state index contributed by atoms with van der Waals surface area (Å²) in [6.45, 7) is 6.86. The van der Waals surface area contributed by atoms with Gasteiger partial charge in [0.1, 0.15) is 0 Å². The molecule has 0 fully saturated rings. The van der Waals surface area contributed by atoms with E-state index in [-0.39, 0.29) is 11.6 Å². The molecule has 0 spiro atoms. The SMILES string of the molecule is CC(C)(C)NC(=O)Nc1ccccc1-c1cn2c(n1)SCC2. The summed E-state index contributed by atoms with van der Waals surface area (Å²) in [7, 11) is 0. The van der Waals surface area contributed by atoms with Crippen molar-refractivity contribution in [3.05, 3.63) is 30.5 Å². The van der Waals surface area contributed by atoms with E-state index in [0.29, 0.717) is 0 Å². The largest absolute Gasteiger partial charge is 0.333 e. The highest BCUT2D eigenvalue weighted by molar-refractivity contribution is 7.99. The fraction of sp³-hybridized carbons (Fsp3) is 0.375. The van der Waals surface area contributed by atoms with Crippen molar-refractivity contribution >= 4 is 23.5 Å². The lowest BCUT2D eigenvalue weighted by Gasteiger charge is -2.21. The molecular weight excluding hydrogens is 296 g/mol. The molecule has 3 rings (SSSR count). The topological polar surface area (TPSA) is 59.0 Å². The quantitative estimate of drug-likeness (QED) is 0.890. The number of hydrogen-bond acceptors (Lipinski definition) is 3. The normalized spacial score (nSPS) is 13.8. The summed E-state index contributed by atoms with van der Waals surface area (Å²) < 4.78 is 2.16. The molecule has 0 unspecified atom stereocenters. The first-order valence-electron chi connectivity index (χ1n) is 7.31. The number of hydrogen-bond donors (Lipinski definition) is 2. The average molecular weight is 316 g/mol. The maximum absolute atomic E-state index is 12.1. The molecule has 22 heavy (non-hydrogen) atoms. The molecule has 116 valence electrons. The van der Waals surface area contributed by atoms with E-state index in [2.05, 4.69) is 26.4 Å². The summed E-state index contributed by atoms with van der Waals surface area (Å²) in [4.78, 5) is 16.8. The van der Waals surface area contributed by atoms with Crippen molar-refractivity contribution in [1.29, 1.82) is 0 Å². The second kappa shape index (κ2) is 5.68. The van der Waals surface area contributed by atoms with Crippen LogP contribution in [0.3, 0.4) is 0 Å². The Balaban J connectivity index is 1.85. The number of para-hydroxylation sites is 1. The molecule has 1 aliphatic heterocycles. The van der Waals surface area contributed by atoms with Gasteiger partial charge in [-0.3, -0.25) is 0 Å². The van der Waals surface area contributed by atoms with Gasteiger partial charge in [-0.25, -0.2) is 9.78 Å². The Hall–Kier alpha value is -1.95. The molecule has 1 aliphatic rings. The Morgan fingerprint density at radius 1 is 1.32 bits per heavy atom. The number of urea groups is 1. The summed E-state index contributed by atoms with van der Waals surface area (Å²) in [5.74, 6) is 1.08. The molecule has 0 saturated carbocycles. The minimum absolute atomic E-state index is 0.207. The number of aromatic nitrogens is 2. The maximum Gasteiger partial charge on any atom is 0.319 e. The predicted molar refractivity (Wildman–Crippen MR) is 90.3 cm³/mol. The van der Waals surface area contributed by atoms with Crippen molar-refractivity contribution in [1.82, 2.24) is 14.9 Å². The van der Waals surface area contributed by atoms with E-state index in [0.717, 1.165) is 34.4 Å². The number of amides is 2. The number of rotatable bonds is 2. The third-order valence-corrected chi connectivity index (χ3v) is 4.21. The van der Waals surface area contributed by atoms with Crippen molar-refractivity contribution in [3.63, 3.8) is 0 Å². The van der Waals surface area contributed by atoms with Crippen LogP contribution in [0.25, 0.3) is 11.3 Å². The molecule has 0 aliphatic carbocycles. The van der Waals surface area contributed by atoms with Crippen LogP contribution < -0.4 is 10.6 Å². The zero-order chi connectivity index (χ0) is 15.7. The van der Waals surface area contributed by atoms with Crippen LogP contribution >= 0.6 is 11.8 Å². The molecule has 5 nitrogen and oxygen atoms in total. The highest BCUT2D eigenvalue weighted by atomic mass is 32.2. The van der Waals surface area contributed by atoms with Crippen molar-refractivity contribution in [2.45, 2.75) is 38.0 Å². The van der Waals surface area contributed by atoms with Crippen molar-refractivity contribution in [2.75, 3.05) is 11.1 Å². The fourth-order valence-corrected chi connectivity index (χ4v) is 3.29. The van der Waals surface area contributed by atoms with Gasteiger partial charge in [-0.1, -0.05) is 30.0 Å². The maximum atomic E-state index is 12.1. The van der Waals surface area contributed by atoms with Crippen molar-refractivity contribution in [2.24, 2.45) is 0 Å². The van der Waals surface area contributed by atoms with E-state index in [9.17, 15) is 4.79 Å². The molecule has 6 heteroatoms. The molecule has 2 amide bonds. The molecular formula is C16H20N4OS. The average Bonchev–Trinajstić information content (AvgIpc) is 2.97. The zero-order valence-electron chi connectivity index (χ0n) is 13.0. The lowest BCUT2D eigenvalue weighted by molar-refractivity contribution is 0.244. The van der Waals surface area contributed by atoms with E-state index in [1.807, 2.05) is 45.0 Å². The minimum atomic E-state index is -0.273. The first kappa shape index (κ1) is 15.0. The Labute approximate surface area is 134 Å². The number of anilines is 1. The van der Waals surface area contributed by atoms with Crippen LogP contribution in [0.4, 0.5) is 10.5 Å². The third-order valence-electron chi connectivity index (χ3n) is 3.24. The van der Waals surface area contributed by atoms with Crippen LogP contribution in [0.5, 0.6) is 0 Å². The standard InChI is InChI=1S/C16H20N4OS/c1-16(2,3)19-14(21)17-12-7-5-4-6-11(12)13-10-20-8-9-22-15(20)18-13/h4-7,10H,8-9H2,1-3H3,(H2,17,19,21). The predicted octanol–water partition coefficient (Wildman–Crippen LogP) is 3.58. The number of nitrogens with one attached hydrogen (secondary N) is 2. The van der Waals surface area contributed by atoms with Crippen LogP contribution in [0.15, 0.2) is 35.6 Å². The van der Waals surface area contributed by atoms with Crippen molar-refractivity contribution in [3.8, 4) is 11.3 Å². The molecule has 0 radical (unpaired) electrons. The lowest BCUT2D eigenvalue weighted by atomic mass is 10.1. The molecule has 1 aromatic carbocycles. The zero-order valence-corrected chi connectivity index (χ0v) is 13.8. The van der Waals surface area contributed by atoms with E-state index in [1.54, 1.807) is 11.8 Å².